The second-order valence-corrected chi connectivity index (χ2v) is 8.80. The molecular weight excluding hydrogens is 440 g/mol. The summed E-state index contributed by atoms with van der Waals surface area (Å²) < 4.78 is 5.25. The summed E-state index contributed by atoms with van der Waals surface area (Å²) >= 11 is 0. The molecule has 0 unspecified atom stereocenters. The van der Waals surface area contributed by atoms with Crippen LogP contribution in [0.5, 0.6) is 5.75 Å². The van der Waals surface area contributed by atoms with Gasteiger partial charge in [0.2, 0.25) is 5.91 Å². The molecule has 2 fully saturated rings. The molecular formula is C29H26N2O4. The second kappa shape index (κ2) is 9.65. The topological polar surface area (TPSA) is 70.1 Å². The molecule has 2 aliphatic heterocycles. The van der Waals surface area contributed by atoms with Gasteiger partial charge in [0.05, 0.1) is 25.8 Å². The van der Waals surface area contributed by atoms with Crippen molar-refractivity contribution in [1.82, 2.24) is 9.80 Å². The van der Waals surface area contributed by atoms with Crippen LogP contribution in [-0.4, -0.2) is 65.6 Å². The SMILES string of the molecule is COc1cccc(C#Cc2ccc([C@@H]3[C@@H](CO)N4C(=O)CN(C(=O)c5ccccc5)C[C@@H]34)cc2)c1. The van der Waals surface area contributed by atoms with E-state index in [1.807, 2.05) is 66.7 Å². The summed E-state index contributed by atoms with van der Waals surface area (Å²) in [6, 6.07) is 24.1. The number of hydrogen-bond donors (Lipinski definition) is 1. The quantitative estimate of drug-likeness (QED) is 0.601. The molecule has 176 valence electrons. The van der Waals surface area contributed by atoms with Gasteiger partial charge in [-0.25, -0.2) is 0 Å². The number of piperazine rings is 1. The Morgan fingerprint density at radius 3 is 2.46 bits per heavy atom. The van der Waals surface area contributed by atoms with E-state index < -0.39 is 0 Å². The van der Waals surface area contributed by atoms with E-state index in [1.165, 1.54) is 0 Å². The summed E-state index contributed by atoms with van der Waals surface area (Å²) in [5.74, 6) is 6.77. The normalized spacial score (nSPS) is 20.9. The number of fused-ring (bicyclic) bond motifs is 1. The zero-order chi connectivity index (χ0) is 24.4. The van der Waals surface area contributed by atoms with E-state index in [-0.39, 0.29) is 43.0 Å². The molecule has 3 aromatic carbocycles. The number of amides is 2. The third-order valence-electron chi connectivity index (χ3n) is 6.78. The molecule has 2 saturated heterocycles. The minimum atomic E-state index is -0.282. The molecule has 2 heterocycles. The summed E-state index contributed by atoms with van der Waals surface area (Å²) in [6.07, 6.45) is 0. The van der Waals surface area contributed by atoms with Crippen molar-refractivity contribution >= 4 is 11.8 Å². The van der Waals surface area contributed by atoms with Gasteiger partial charge in [-0.2, -0.15) is 0 Å². The lowest BCUT2D eigenvalue weighted by Crippen LogP contribution is -2.73. The monoisotopic (exact) mass is 466 g/mol. The highest BCUT2D eigenvalue weighted by Crippen LogP contribution is 2.43. The summed E-state index contributed by atoms with van der Waals surface area (Å²) in [7, 11) is 1.63. The standard InChI is InChI=1S/C29H26N2O4/c1-35-24-9-5-6-21(16-24)11-10-20-12-14-22(15-13-20)28-25-17-30(18-27(33)31(25)26(28)19-32)29(34)23-7-3-2-4-8-23/h2-9,12-16,25-26,28,32H,17-19H2,1H3/t25-,26+,28-/m0/s1. The first-order chi connectivity index (χ1) is 17.1. The highest BCUT2D eigenvalue weighted by Gasteiger charge is 2.54. The van der Waals surface area contributed by atoms with E-state index in [0.29, 0.717) is 12.1 Å². The zero-order valence-corrected chi connectivity index (χ0v) is 19.4. The minimum absolute atomic E-state index is 0.0340. The first kappa shape index (κ1) is 22.7. The molecule has 0 bridgehead atoms. The fourth-order valence-electron chi connectivity index (χ4n) is 5.05. The number of carbonyl (C=O) groups excluding carboxylic acids is 2. The molecule has 2 aliphatic rings. The van der Waals surface area contributed by atoms with Crippen LogP contribution < -0.4 is 4.74 Å². The maximum atomic E-state index is 13.0. The molecule has 35 heavy (non-hydrogen) atoms. The average molecular weight is 467 g/mol. The van der Waals surface area contributed by atoms with Gasteiger partial charge in [0, 0.05) is 29.2 Å². The summed E-state index contributed by atoms with van der Waals surface area (Å²) in [4.78, 5) is 29.2. The molecule has 6 heteroatoms. The maximum Gasteiger partial charge on any atom is 0.254 e. The molecule has 0 radical (unpaired) electrons. The molecule has 5 rings (SSSR count). The van der Waals surface area contributed by atoms with E-state index in [9.17, 15) is 14.7 Å². The van der Waals surface area contributed by atoms with Crippen molar-refractivity contribution in [2.75, 3.05) is 26.8 Å². The van der Waals surface area contributed by atoms with E-state index >= 15 is 0 Å². The number of benzene rings is 3. The van der Waals surface area contributed by atoms with Gasteiger partial charge in [0.15, 0.2) is 0 Å². The van der Waals surface area contributed by atoms with Crippen LogP contribution in [0.15, 0.2) is 78.9 Å². The van der Waals surface area contributed by atoms with Crippen LogP contribution in [0.4, 0.5) is 0 Å². The van der Waals surface area contributed by atoms with Crippen LogP contribution in [0.1, 0.15) is 33.0 Å². The van der Waals surface area contributed by atoms with Crippen LogP contribution >= 0.6 is 0 Å². The third kappa shape index (κ3) is 4.39. The van der Waals surface area contributed by atoms with Crippen molar-refractivity contribution < 1.29 is 19.4 Å². The van der Waals surface area contributed by atoms with Crippen molar-refractivity contribution in [1.29, 1.82) is 0 Å². The average Bonchev–Trinajstić information content (AvgIpc) is 2.89. The van der Waals surface area contributed by atoms with Crippen LogP contribution in [0.25, 0.3) is 0 Å². The zero-order valence-electron chi connectivity index (χ0n) is 19.4. The van der Waals surface area contributed by atoms with Crippen molar-refractivity contribution in [3.8, 4) is 17.6 Å². The number of aliphatic hydroxyl groups excluding tert-OH is 1. The fraction of sp³-hybridized carbons (Fsp3) is 0.241. The highest BCUT2D eigenvalue weighted by molar-refractivity contribution is 5.97. The Balaban J connectivity index is 1.34. The molecule has 6 nitrogen and oxygen atoms in total. The first-order valence-corrected chi connectivity index (χ1v) is 11.6. The summed E-state index contributed by atoms with van der Waals surface area (Å²) in [5, 5.41) is 10.0. The maximum absolute atomic E-state index is 13.0. The first-order valence-electron chi connectivity index (χ1n) is 11.6. The Kier molecular flexibility index (Phi) is 6.26. The number of aliphatic hydroxyl groups is 1. The largest absolute Gasteiger partial charge is 0.497 e. The molecule has 0 saturated carbocycles. The second-order valence-electron chi connectivity index (χ2n) is 8.80. The Morgan fingerprint density at radius 2 is 1.74 bits per heavy atom. The molecule has 0 aromatic heterocycles. The lowest BCUT2D eigenvalue weighted by atomic mass is 9.73. The Bertz CT molecular complexity index is 1290. The molecule has 3 aromatic rings. The van der Waals surface area contributed by atoms with Gasteiger partial charge in [-0.15, -0.1) is 0 Å². The molecule has 0 spiro atoms. The van der Waals surface area contributed by atoms with Gasteiger partial charge in [-0.1, -0.05) is 48.2 Å². The van der Waals surface area contributed by atoms with Gasteiger partial charge in [-0.05, 0) is 48.0 Å². The number of hydrogen-bond acceptors (Lipinski definition) is 4. The van der Waals surface area contributed by atoms with Crippen LogP contribution in [0.2, 0.25) is 0 Å². The van der Waals surface area contributed by atoms with Crippen molar-refractivity contribution in [3.63, 3.8) is 0 Å². The number of methoxy groups -OCH3 is 1. The van der Waals surface area contributed by atoms with Crippen molar-refractivity contribution in [2.24, 2.45) is 0 Å². The minimum Gasteiger partial charge on any atom is -0.497 e. The van der Waals surface area contributed by atoms with E-state index in [4.69, 9.17) is 4.74 Å². The Morgan fingerprint density at radius 1 is 1.00 bits per heavy atom. The molecule has 0 aliphatic carbocycles. The van der Waals surface area contributed by atoms with Crippen LogP contribution in [-0.2, 0) is 4.79 Å². The Hall–Kier alpha value is -4.08. The lowest BCUT2D eigenvalue weighted by Gasteiger charge is -2.58. The Labute approximate surface area is 204 Å². The smallest absolute Gasteiger partial charge is 0.254 e. The predicted octanol–water partition coefficient (Wildman–Crippen LogP) is 2.91. The van der Waals surface area contributed by atoms with E-state index in [1.54, 1.807) is 29.0 Å². The molecule has 2 amide bonds. The molecule has 1 N–H and O–H groups in total. The van der Waals surface area contributed by atoms with Crippen LogP contribution in [0, 0.1) is 11.8 Å². The highest BCUT2D eigenvalue weighted by atomic mass is 16.5. The van der Waals surface area contributed by atoms with Crippen molar-refractivity contribution in [3.05, 3.63) is 101 Å². The fourth-order valence-corrected chi connectivity index (χ4v) is 5.05. The predicted molar refractivity (Wildman–Crippen MR) is 132 cm³/mol. The van der Waals surface area contributed by atoms with Gasteiger partial charge in [-0.3, -0.25) is 9.59 Å². The summed E-state index contributed by atoms with van der Waals surface area (Å²) in [5.41, 5.74) is 3.34. The van der Waals surface area contributed by atoms with Gasteiger partial charge >= 0.3 is 0 Å². The number of nitrogens with zero attached hydrogens (tertiary/aromatic N) is 2. The number of rotatable bonds is 4. The van der Waals surface area contributed by atoms with Gasteiger partial charge < -0.3 is 19.6 Å². The number of carbonyl (C=O) groups is 2. The van der Waals surface area contributed by atoms with Crippen LogP contribution in [0.3, 0.4) is 0 Å². The summed E-state index contributed by atoms with van der Waals surface area (Å²) in [6.45, 7) is 0.362. The van der Waals surface area contributed by atoms with Crippen molar-refractivity contribution in [2.45, 2.75) is 18.0 Å². The number of ether oxygens (including phenoxy) is 1. The van der Waals surface area contributed by atoms with Gasteiger partial charge in [0.25, 0.3) is 5.91 Å². The molecule has 3 atom stereocenters. The lowest BCUT2D eigenvalue weighted by molar-refractivity contribution is -0.159. The van der Waals surface area contributed by atoms with Gasteiger partial charge in [0.1, 0.15) is 12.3 Å². The van der Waals surface area contributed by atoms with E-state index in [0.717, 1.165) is 22.4 Å². The van der Waals surface area contributed by atoms with E-state index in [2.05, 4.69) is 11.8 Å². The third-order valence-corrected chi connectivity index (χ3v) is 6.78.